The second-order valence-corrected chi connectivity index (χ2v) is 5.44. The van der Waals surface area contributed by atoms with Crippen LogP contribution in [-0.4, -0.2) is 43.1 Å². The summed E-state index contributed by atoms with van der Waals surface area (Å²) in [4.78, 5) is 35.4. The quantitative estimate of drug-likeness (QED) is 0.461. The minimum absolute atomic E-state index is 0.167. The zero-order chi connectivity index (χ0) is 16.4. The van der Waals surface area contributed by atoms with Gasteiger partial charge in [0.15, 0.2) is 0 Å². The van der Waals surface area contributed by atoms with Crippen LogP contribution in [0.3, 0.4) is 0 Å². The zero-order valence-corrected chi connectivity index (χ0v) is 13.5. The summed E-state index contributed by atoms with van der Waals surface area (Å²) in [6.07, 6.45) is 3.94. The number of esters is 1. The van der Waals surface area contributed by atoms with Gasteiger partial charge in [-0.2, -0.15) is 0 Å². The molecule has 0 bridgehead atoms. The highest BCUT2D eigenvalue weighted by molar-refractivity contribution is 5.91. The fourth-order valence-corrected chi connectivity index (χ4v) is 2.65. The molecule has 0 spiro atoms. The summed E-state index contributed by atoms with van der Waals surface area (Å²) < 4.78 is 4.83. The Labute approximate surface area is 131 Å². The molecule has 0 heterocycles. The third-order valence-electron chi connectivity index (χ3n) is 3.73. The van der Waals surface area contributed by atoms with Crippen molar-refractivity contribution in [1.29, 1.82) is 0 Å². The van der Waals surface area contributed by atoms with Crippen molar-refractivity contribution in [3.05, 3.63) is 0 Å². The highest BCUT2D eigenvalue weighted by atomic mass is 16.5. The second kappa shape index (κ2) is 9.27. The van der Waals surface area contributed by atoms with Crippen molar-refractivity contribution < 1.29 is 19.1 Å². The maximum absolute atomic E-state index is 12.4. The van der Waals surface area contributed by atoms with E-state index < -0.39 is 5.54 Å². The number of carbonyl (C=O) groups is 3. The van der Waals surface area contributed by atoms with Crippen LogP contribution in [-0.2, 0) is 14.3 Å². The SMILES string of the molecule is CCNC(=O)NC1(C(=O)NCCCC(=O)OCC)CCCC1. The van der Waals surface area contributed by atoms with E-state index in [0.717, 1.165) is 12.8 Å². The maximum Gasteiger partial charge on any atom is 0.315 e. The molecule has 7 heteroatoms. The predicted molar refractivity (Wildman–Crippen MR) is 82.3 cm³/mol. The van der Waals surface area contributed by atoms with Gasteiger partial charge in [0.25, 0.3) is 0 Å². The molecule has 1 saturated carbocycles. The molecule has 3 amide bonds. The molecule has 0 saturated heterocycles. The fourth-order valence-electron chi connectivity index (χ4n) is 2.65. The fraction of sp³-hybridized carbons (Fsp3) is 0.800. The van der Waals surface area contributed by atoms with Gasteiger partial charge in [-0.25, -0.2) is 4.79 Å². The number of amides is 3. The van der Waals surface area contributed by atoms with Crippen molar-refractivity contribution in [2.75, 3.05) is 19.7 Å². The van der Waals surface area contributed by atoms with Crippen molar-refractivity contribution in [1.82, 2.24) is 16.0 Å². The highest BCUT2D eigenvalue weighted by Gasteiger charge is 2.42. The molecule has 1 rings (SSSR count). The number of carbonyl (C=O) groups excluding carboxylic acids is 3. The van der Waals surface area contributed by atoms with Crippen LogP contribution in [0.2, 0.25) is 0 Å². The number of nitrogens with one attached hydrogen (secondary N) is 3. The lowest BCUT2D eigenvalue weighted by molar-refractivity contribution is -0.143. The van der Waals surface area contributed by atoms with Gasteiger partial charge in [-0.1, -0.05) is 12.8 Å². The molecule has 7 nitrogen and oxygen atoms in total. The summed E-state index contributed by atoms with van der Waals surface area (Å²) in [5.41, 5.74) is -0.816. The molecule has 3 N–H and O–H groups in total. The Balaban J connectivity index is 2.42. The van der Waals surface area contributed by atoms with Gasteiger partial charge < -0.3 is 20.7 Å². The molecule has 0 aromatic heterocycles. The van der Waals surface area contributed by atoms with E-state index in [4.69, 9.17) is 4.74 Å². The first-order valence-corrected chi connectivity index (χ1v) is 8.04. The first-order chi connectivity index (χ1) is 10.5. The standard InChI is InChI=1S/C15H27N3O4/c1-3-16-14(21)18-15(9-5-6-10-15)13(20)17-11-7-8-12(19)22-4-2/h3-11H2,1-2H3,(H,17,20)(H2,16,18,21). The van der Waals surface area contributed by atoms with Gasteiger partial charge in [0, 0.05) is 19.5 Å². The number of rotatable bonds is 8. The molecule has 1 fully saturated rings. The van der Waals surface area contributed by atoms with Crippen LogP contribution in [0.25, 0.3) is 0 Å². The van der Waals surface area contributed by atoms with E-state index in [1.54, 1.807) is 6.92 Å². The van der Waals surface area contributed by atoms with Crippen LogP contribution < -0.4 is 16.0 Å². The van der Waals surface area contributed by atoms with E-state index in [0.29, 0.717) is 39.0 Å². The van der Waals surface area contributed by atoms with Gasteiger partial charge >= 0.3 is 12.0 Å². The number of hydrogen-bond acceptors (Lipinski definition) is 4. The van der Waals surface area contributed by atoms with Gasteiger partial charge in [0.2, 0.25) is 5.91 Å². The second-order valence-electron chi connectivity index (χ2n) is 5.44. The van der Waals surface area contributed by atoms with Crippen molar-refractivity contribution in [2.45, 2.75) is 57.9 Å². The first kappa shape index (κ1) is 18.3. The largest absolute Gasteiger partial charge is 0.466 e. The smallest absolute Gasteiger partial charge is 0.315 e. The molecule has 0 atom stereocenters. The van der Waals surface area contributed by atoms with Gasteiger partial charge in [0.05, 0.1) is 6.61 Å². The summed E-state index contributed by atoms with van der Waals surface area (Å²) in [7, 11) is 0. The van der Waals surface area contributed by atoms with Crippen molar-refractivity contribution in [3.8, 4) is 0 Å². The summed E-state index contributed by atoms with van der Waals surface area (Å²) in [6.45, 7) is 4.87. The normalized spacial score (nSPS) is 15.9. The molecule has 0 aromatic carbocycles. The number of hydrogen-bond donors (Lipinski definition) is 3. The minimum Gasteiger partial charge on any atom is -0.466 e. The van der Waals surface area contributed by atoms with Gasteiger partial charge in [-0.3, -0.25) is 9.59 Å². The van der Waals surface area contributed by atoms with Crippen LogP contribution >= 0.6 is 0 Å². The Kier molecular flexibility index (Phi) is 7.70. The molecular formula is C15H27N3O4. The number of ether oxygens (including phenoxy) is 1. The topological polar surface area (TPSA) is 96.5 Å². The molecule has 22 heavy (non-hydrogen) atoms. The highest BCUT2D eigenvalue weighted by Crippen LogP contribution is 2.29. The van der Waals surface area contributed by atoms with Crippen molar-refractivity contribution in [3.63, 3.8) is 0 Å². The molecule has 1 aliphatic carbocycles. The van der Waals surface area contributed by atoms with E-state index in [1.165, 1.54) is 0 Å². The average molecular weight is 313 g/mol. The Morgan fingerprint density at radius 1 is 1.09 bits per heavy atom. The van der Waals surface area contributed by atoms with E-state index in [1.807, 2.05) is 6.92 Å². The van der Waals surface area contributed by atoms with Crippen LogP contribution in [0.5, 0.6) is 0 Å². The molecule has 0 aromatic rings. The van der Waals surface area contributed by atoms with E-state index in [-0.39, 0.29) is 24.3 Å². The van der Waals surface area contributed by atoms with Gasteiger partial charge in [-0.05, 0) is 33.1 Å². The number of urea groups is 1. The van der Waals surface area contributed by atoms with Crippen LogP contribution in [0.1, 0.15) is 52.4 Å². The minimum atomic E-state index is -0.816. The zero-order valence-electron chi connectivity index (χ0n) is 13.5. The molecular weight excluding hydrogens is 286 g/mol. The Morgan fingerprint density at radius 3 is 2.36 bits per heavy atom. The third-order valence-corrected chi connectivity index (χ3v) is 3.73. The van der Waals surface area contributed by atoms with Gasteiger partial charge in [-0.15, -0.1) is 0 Å². The van der Waals surface area contributed by atoms with Crippen LogP contribution in [0.4, 0.5) is 4.79 Å². The lowest BCUT2D eigenvalue weighted by atomic mass is 9.96. The maximum atomic E-state index is 12.4. The lowest BCUT2D eigenvalue weighted by Crippen LogP contribution is -2.59. The monoisotopic (exact) mass is 313 g/mol. The Hall–Kier alpha value is -1.79. The third kappa shape index (κ3) is 5.54. The lowest BCUT2D eigenvalue weighted by Gasteiger charge is -2.29. The summed E-state index contributed by atoms with van der Waals surface area (Å²) in [5.74, 6) is -0.423. The summed E-state index contributed by atoms with van der Waals surface area (Å²) in [6, 6.07) is -0.314. The van der Waals surface area contributed by atoms with Crippen molar-refractivity contribution in [2.24, 2.45) is 0 Å². The molecule has 126 valence electrons. The molecule has 0 aliphatic heterocycles. The molecule has 0 unspecified atom stereocenters. The Bertz CT molecular complexity index is 392. The van der Waals surface area contributed by atoms with Crippen LogP contribution in [0, 0.1) is 0 Å². The molecule has 0 radical (unpaired) electrons. The van der Waals surface area contributed by atoms with Crippen molar-refractivity contribution >= 4 is 17.9 Å². The van der Waals surface area contributed by atoms with E-state index in [2.05, 4.69) is 16.0 Å². The Morgan fingerprint density at radius 2 is 1.77 bits per heavy atom. The van der Waals surface area contributed by atoms with E-state index >= 15 is 0 Å². The van der Waals surface area contributed by atoms with Gasteiger partial charge in [0.1, 0.15) is 5.54 Å². The molecule has 1 aliphatic rings. The summed E-state index contributed by atoms with van der Waals surface area (Å²) >= 11 is 0. The summed E-state index contributed by atoms with van der Waals surface area (Å²) in [5, 5.41) is 8.29. The average Bonchev–Trinajstić information content (AvgIpc) is 2.93. The van der Waals surface area contributed by atoms with Crippen LogP contribution in [0.15, 0.2) is 0 Å². The van der Waals surface area contributed by atoms with E-state index in [9.17, 15) is 14.4 Å². The predicted octanol–water partition coefficient (Wildman–Crippen LogP) is 1.08. The first-order valence-electron chi connectivity index (χ1n) is 8.04.